The Labute approximate surface area is 430 Å². The standard InChI is InChI=1S/C70H48N2S/c1-69(2)58-29-14-9-25-51(58)54-39-36-47(42-61(54)69)72(64-32-17-12-24-50(64)45-20-5-3-6-21-45)49-38-41-56-53-27-11-16-31-60(53)70(63(56)44-49)59-30-15-10-26-52(59)55-40-37-48(43-62(55)70)71(46-22-7-4-8-23-46)65-33-19-35-67-68(65)57-28-13-18-34-66(57)73-67/h3-44H,1-2H3. The molecule has 1 aromatic heterocycles. The van der Waals surface area contributed by atoms with Gasteiger partial charge in [-0.25, -0.2) is 0 Å². The smallest absolute Gasteiger partial charge is 0.0727 e. The molecular formula is C70H48N2S. The molecule has 0 aliphatic heterocycles. The second kappa shape index (κ2) is 15.9. The first-order valence-corrected chi connectivity index (χ1v) is 26.2. The van der Waals surface area contributed by atoms with Gasteiger partial charge in [-0.2, -0.15) is 0 Å². The molecule has 73 heavy (non-hydrogen) atoms. The van der Waals surface area contributed by atoms with E-state index in [1.807, 2.05) is 11.3 Å². The van der Waals surface area contributed by atoms with Gasteiger partial charge in [-0.15, -0.1) is 11.3 Å². The van der Waals surface area contributed by atoms with Crippen molar-refractivity contribution in [1.29, 1.82) is 0 Å². The van der Waals surface area contributed by atoms with Gasteiger partial charge in [0.2, 0.25) is 0 Å². The topological polar surface area (TPSA) is 6.48 Å². The number of fused-ring (bicyclic) bond motifs is 16. The molecule has 0 saturated carbocycles. The first kappa shape index (κ1) is 42.0. The Balaban J connectivity index is 0.989. The molecule has 11 aromatic carbocycles. The fourth-order valence-electron chi connectivity index (χ4n) is 13.1. The van der Waals surface area contributed by atoms with Crippen LogP contribution in [0.15, 0.2) is 255 Å². The second-order valence-corrected chi connectivity index (χ2v) is 21.4. The number of para-hydroxylation sites is 2. The number of anilines is 6. The van der Waals surface area contributed by atoms with Gasteiger partial charge < -0.3 is 9.80 Å². The maximum Gasteiger partial charge on any atom is 0.0727 e. The molecule has 0 bridgehead atoms. The molecule has 12 aromatic rings. The molecular weight excluding hydrogens is 901 g/mol. The predicted octanol–water partition coefficient (Wildman–Crippen LogP) is 19.3. The SMILES string of the molecule is CC1(C)c2ccccc2-c2ccc(N(c3ccc4c(c3)C3(c5ccccc5-4)c4ccccc4-c4ccc(N(c5ccccc5)c5cccc6sc7ccccc7c56)cc43)c3ccccc3-c3ccccc3)cc21. The van der Waals surface area contributed by atoms with E-state index in [0.29, 0.717) is 0 Å². The predicted molar refractivity (Wildman–Crippen MR) is 308 cm³/mol. The zero-order valence-corrected chi connectivity index (χ0v) is 41.4. The molecule has 0 fully saturated rings. The van der Waals surface area contributed by atoms with E-state index in [4.69, 9.17) is 0 Å². The summed E-state index contributed by atoms with van der Waals surface area (Å²) in [6, 6.07) is 95.5. The monoisotopic (exact) mass is 948 g/mol. The van der Waals surface area contributed by atoms with E-state index in [1.54, 1.807) is 0 Å². The van der Waals surface area contributed by atoms with Crippen molar-refractivity contribution in [3.05, 3.63) is 288 Å². The van der Waals surface area contributed by atoms with Crippen LogP contribution in [0.2, 0.25) is 0 Å². The lowest BCUT2D eigenvalue weighted by Crippen LogP contribution is -2.26. The zero-order valence-electron chi connectivity index (χ0n) is 40.6. The number of hydrogen-bond donors (Lipinski definition) is 0. The van der Waals surface area contributed by atoms with Crippen molar-refractivity contribution in [3.8, 4) is 44.5 Å². The Kier molecular flexibility index (Phi) is 9.12. The van der Waals surface area contributed by atoms with Crippen LogP contribution in [-0.2, 0) is 10.8 Å². The van der Waals surface area contributed by atoms with Gasteiger partial charge >= 0.3 is 0 Å². The van der Waals surface area contributed by atoms with Crippen LogP contribution in [0, 0.1) is 0 Å². The van der Waals surface area contributed by atoms with Gasteiger partial charge in [0.25, 0.3) is 0 Å². The minimum atomic E-state index is -0.612. The molecule has 0 amide bonds. The third-order valence-electron chi connectivity index (χ3n) is 16.3. The third kappa shape index (κ3) is 5.97. The van der Waals surface area contributed by atoms with Gasteiger partial charge in [-0.1, -0.05) is 196 Å². The van der Waals surface area contributed by atoms with E-state index in [1.165, 1.54) is 104 Å². The van der Waals surface area contributed by atoms with E-state index in [9.17, 15) is 0 Å². The molecule has 3 aliphatic carbocycles. The summed E-state index contributed by atoms with van der Waals surface area (Å²) in [5, 5.41) is 2.56. The minimum absolute atomic E-state index is 0.166. The van der Waals surface area contributed by atoms with Crippen molar-refractivity contribution >= 4 is 65.6 Å². The summed E-state index contributed by atoms with van der Waals surface area (Å²) in [5.41, 5.74) is 24.1. The molecule has 1 heterocycles. The van der Waals surface area contributed by atoms with Crippen LogP contribution in [0.5, 0.6) is 0 Å². The maximum atomic E-state index is 2.54. The van der Waals surface area contributed by atoms with Crippen LogP contribution in [0.25, 0.3) is 64.7 Å². The first-order valence-electron chi connectivity index (χ1n) is 25.4. The van der Waals surface area contributed by atoms with E-state index < -0.39 is 5.41 Å². The average Bonchev–Trinajstić information content (AvgIpc) is 4.23. The highest BCUT2D eigenvalue weighted by molar-refractivity contribution is 7.26. The van der Waals surface area contributed by atoms with Crippen LogP contribution in [0.1, 0.15) is 47.2 Å². The largest absolute Gasteiger partial charge is 0.310 e. The lowest BCUT2D eigenvalue weighted by atomic mass is 9.70. The molecule has 1 spiro atoms. The maximum absolute atomic E-state index is 2.54. The normalized spacial score (nSPS) is 15.2. The zero-order chi connectivity index (χ0) is 48.4. The average molecular weight is 949 g/mol. The molecule has 0 radical (unpaired) electrons. The van der Waals surface area contributed by atoms with E-state index in [2.05, 4.69) is 278 Å². The first-order chi connectivity index (χ1) is 36.0. The number of thiophene rings is 1. The number of nitrogens with zero attached hydrogens (tertiary/aromatic N) is 2. The molecule has 0 saturated heterocycles. The van der Waals surface area contributed by atoms with Crippen molar-refractivity contribution in [2.75, 3.05) is 9.80 Å². The van der Waals surface area contributed by atoms with Crippen molar-refractivity contribution < 1.29 is 0 Å². The van der Waals surface area contributed by atoms with Crippen LogP contribution < -0.4 is 9.80 Å². The van der Waals surface area contributed by atoms with Crippen LogP contribution in [0.4, 0.5) is 34.1 Å². The molecule has 2 nitrogen and oxygen atoms in total. The van der Waals surface area contributed by atoms with Crippen molar-refractivity contribution in [2.24, 2.45) is 0 Å². The van der Waals surface area contributed by atoms with E-state index >= 15 is 0 Å². The Morgan fingerprint density at radius 3 is 1.38 bits per heavy atom. The molecule has 1 atom stereocenters. The summed E-state index contributed by atoms with van der Waals surface area (Å²) in [6.07, 6.45) is 0. The Hall–Kier alpha value is -8.76. The molecule has 3 heteroatoms. The highest BCUT2D eigenvalue weighted by Crippen LogP contribution is 2.64. The van der Waals surface area contributed by atoms with Gasteiger partial charge in [0.05, 0.1) is 16.8 Å². The van der Waals surface area contributed by atoms with E-state index in [-0.39, 0.29) is 5.41 Å². The third-order valence-corrected chi connectivity index (χ3v) is 17.4. The highest BCUT2D eigenvalue weighted by atomic mass is 32.1. The number of benzene rings is 11. The fourth-order valence-corrected chi connectivity index (χ4v) is 14.3. The van der Waals surface area contributed by atoms with Gasteiger partial charge in [0, 0.05) is 53.9 Å². The van der Waals surface area contributed by atoms with Gasteiger partial charge in [0.15, 0.2) is 0 Å². The number of rotatable bonds is 7. The quantitative estimate of drug-likeness (QED) is 0.157. The summed E-state index contributed by atoms with van der Waals surface area (Å²) in [6.45, 7) is 4.76. The molecule has 0 N–H and O–H groups in total. The van der Waals surface area contributed by atoms with E-state index in [0.717, 1.165) is 28.4 Å². The second-order valence-electron chi connectivity index (χ2n) is 20.3. The molecule has 1 unspecified atom stereocenters. The van der Waals surface area contributed by atoms with Crippen LogP contribution >= 0.6 is 11.3 Å². The molecule has 344 valence electrons. The highest BCUT2D eigenvalue weighted by Gasteiger charge is 2.52. The van der Waals surface area contributed by atoms with Crippen molar-refractivity contribution in [2.45, 2.75) is 24.7 Å². The minimum Gasteiger partial charge on any atom is -0.310 e. The Bertz CT molecular complexity index is 4190. The van der Waals surface area contributed by atoms with Gasteiger partial charge in [-0.3, -0.25) is 0 Å². The molecule has 15 rings (SSSR count). The Morgan fingerprint density at radius 2 is 0.740 bits per heavy atom. The summed E-state index contributed by atoms with van der Waals surface area (Å²) in [7, 11) is 0. The summed E-state index contributed by atoms with van der Waals surface area (Å²) >= 11 is 1.87. The lowest BCUT2D eigenvalue weighted by Gasteiger charge is -2.34. The van der Waals surface area contributed by atoms with Crippen LogP contribution in [-0.4, -0.2) is 0 Å². The van der Waals surface area contributed by atoms with Gasteiger partial charge in [0.1, 0.15) is 0 Å². The lowest BCUT2D eigenvalue weighted by molar-refractivity contribution is 0.660. The van der Waals surface area contributed by atoms with Crippen molar-refractivity contribution in [1.82, 2.24) is 0 Å². The summed E-state index contributed by atoms with van der Waals surface area (Å²) < 4.78 is 2.58. The molecule has 3 aliphatic rings. The number of hydrogen-bond acceptors (Lipinski definition) is 3. The fraction of sp³-hybridized carbons (Fsp3) is 0.0571. The Morgan fingerprint density at radius 1 is 0.301 bits per heavy atom. The van der Waals surface area contributed by atoms with Gasteiger partial charge in [-0.05, 0) is 145 Å². The summed E-state index contributed by atoms with van der Waals surface area (Å²) in [4.78, 5) is 5.02. The van der Waals surface area contributed by atoms with Crippen molar-refractivity contribution in [3.63, 3.8) is 0 Å². The van der Waals surface area contributed by atoms with Crippen LogP contribution in [0.3, 0.4) is 0 Å². The summed E-state index contributed by atoms with van der Waals surface area (Å²) in [5.74, 6) is 0.